The number of amides is 1. The average molecular weight is 340 g/mol. The fourth-order valence-electron chi connectivity index (χ4n) is 2.09. The first kappa shape index (κ1) is 17.2. The van der Waals surface area contributed by atoms with Crippen molar-refractivity contribution in [1.29, 1.82) is 0 Å². The van der Waals surface area contributed by atoms with Gasteiger partial charge in [-0.15, -0.1) is 0 Å². The minimum Gasteiger partial charge on any atom is -0.349 e. The Morgan fingerprint density at radius 1 is 1.20 bits per heavy atom. The lowest BCUT2D eigenvalue weighted by Gasteiger charge is -2.31. The van der Waals surface area contributed by atoms with E-state index in [1.807, 2.05) is 24.3 Å². The monoisotopic (exact) mass is 339 g/mol. The number of hydrogen-bond acceptors (Lipinski definition) is 1. The van der Waals surface area contributed by atoms with Crippen molar-refractivity contribution < 1.29 is 4.79 Å². The SMILES string of the molecule is CC(C)c1ccc(C(=O)NC(CCBr)C(C)(C)C)cc1. The minimum absolute atomic E-state index is 0.0150. The van der Waals surface area contributed by atoms with Crippen LogP contribution in [-0.4, -0.2) is 17.3 Å². The molecule has 1 unspecified atom stereocenters. The molecule has 1 aromatic rings. The molecule has 0 aliphatic rings. The van der Waals surface area contributed by atoms with E-state index in [1.165, 1.54) is 5.56 Å². The highest BCUT2D eigenvalue weighted by atomic mass is 79.9. The number of benzene rings is 1. The van der Waals surface area contributed by atoms with Crippen LogP contribution >= 0.6 is 15.9 Å². The molecule has 0 bridgehead atoms. The smallest absolute Gasteiger partial charge is 0.251 e. The van der Waals surface area contributed by atoms with Crippen LogP contribution in [0.5, 0.6) is 0 Å². The zero-order chi connectivity index (χ0) is 15.3. The number of hydrogen-bond donors (Lipinski definition) is 1. The highest BCUT2D eigenvalue weighted by molar-refractivity contribution is 9.09. The Labute approximate surface area is 131 Å². The summed E-state index contributed by atoms with van der Waals surface area (Å²) in [5.41, 5.74) is 2.05. The van der Waals surface area contributed by atoms with Crippen molar-refractivity contribution in [3.63, 3.8) is 0 Å². The van der Waals surface area contributed by atoms with E-state index in [9.17, 15) is 4.79 Å². The van der Waals surface area contributed by atoms with Gasteiger partial charge in [0.25, 0.3) is 5.91 Å². The molecule has 0 radical (unpaired) electrons. The first-order valence-electron chi connectivity index (χ1n) is 7.22. The third-order valence-electron chi connectivity index (χ3n) is 3.59. The number of nitrogens with one attached hydrogen (secondary N) is 1. The fourth-order valence-corrected chi connectivity index (χ4v) is 2.55. The molecule has 0 aromatic heterocycles. The summed E-state index contributed by atoms with van der Waals surface area (Å²) in [6, 6.07) is 8.07. The van der Waals surface area contributed by atoms with Crippen LogP contribution in [0.4, 0.5) is 0 Å². The third-order valence-corrected chi connectivity index (χ3v) is 4.05. The highest BCUT2D eigenvalue weighted by Crippen LogP contribution is 2.23. The summed E-state index contributed by atoms with van der Waals surface area (Å²) in [7, 11) is 0. The van der Waals surface area contributed by atoms with Gasteiger partial charge in [-0.3, -0.25) is 4.79 Å². The van der Waals surface area contributed by atoms with Gasteiger partial charge >= 0.3 is 0 Å². The van der Waals surface area contributed by atoms with Gasteiger partial charge in [0.05, 0.1) is 0 Å². The number of alkyl halides is 1. The van der Waals surface area contributed by atoms with Crippen molar-refractivity contribution in [2.24, 2.45) is 5.41 Å². The topological polar surface area (TPSA) is 29.1 Å². The number of carbonyl (C=O) groups is 1. The molecule has 1 atom stereocenters. The largest absolute Gasteiger partial charge is 0.349 e. The second kappa shape index (κ2) is 7.26. The number of rotatable bonds is 5. The average Bonchev–Trinajstić information content (AvgIpc) is 2.37. The van der Waals surface area contributed by atoms with Crippen LogP contribution in [-0.2, 0) is 0 Å². The van der Waals surface area contributed by atoms with Crippen LogP contribution in [0.15, 0.2) is 24.3 Å². The summed E-state index contributed by atoms with van der Waals surface area (Å²) < 4.78 is 0. The van der Waals surface area contributed by atoms with Gasteiger partial charge in [-0.1, -0.05) is 62.7 Å². The molecule has 0 spiro atoms. The Hall–Kier alpha value is -0.830. The van der Waals surface area contributed by atoms with Crippen LogP contribution in [0, 0.1) is 5.41 Å². The lowest BCUT2D eigenvalue weighted by atomic mass is 9.85. The van der Waals surface area contributed by atoms with E-state index >= 15 is 0 Å². The predicted octanol–water partition coefficient (Wildman–Crippen LogP) is 4.74. The fraction of sp³-hybridized carbons (Fsp3) is 0.588. The van der Waals surface area contributed by atoms with E-state index in [1.54, 1.807) is 0 Å². The Morgan fingerprint density at radius 3 is 2.15 bits per heavy atom. The molecule has 1 amide bonds. The van der Waals surface area contributed by atoms with Crippen LogP contribution in [0.1, 0.15) is 62.9 Å². The van der Waals surface area contributed by atoms with Gasteiger partial charge < -0.3 is 5.32 Å². The van der Waals surface area contributed by atoms with Crippen molar-refractivity contribution >= 4 is 21.8 Å². The lowest BCUT2D eigenvalue weighted by Crippen LogP contribution is -2.44. The first-order valence-corrected chi connectivity index (χ1v) is 8.34. The van der Waals surface area contributed by atoms with E-state index in [-0.39, 0.29) is 17.4 Å². The van der Waals surface area contributed by atoms with Crippen LogP contribution in [0.2, 0.25) is 0 Å². The maximum Gasteiger partial charge on any atom is 0.251 e. The lowest BCUT2D eigenvalue weighted by molar-refractivity contribution is 0.0900. The molecular weight excluding hydrogens is 314 g/mol. The molecular formula is C17H26BrNO. The quantitative estimate of drug-likeness (QED) is 0.771. The van der Waals surface area contributed by atoms with Crippen LogP contribution in [0.3, 0.4) is 0 Å². The molecule has 1 N–H and O–H groups in total. The second-order valence-corrected chi connectivity index (χ2v) is 7.44. The van der Waals surface area contributed by atoms with Gasteiger partial charge in [0.2, 0.25) is 0 Å². The molecule has 0 aliphatic heterocycles. The second-order valence-electron chi connectivity index (χ2n) is 6.65. The summed E-state index contributed by atoms with van der Waals surface area (Å²) in [5, 5.41) is 4.04. The van der Waals surface area contributed by atoms with Gasteiger partial charge in [-0.2, -0.15) is 0 Å². The summed E-state index contributed by atoms with van der Waals surface area (Å²) >= 11 is 3.46. The zero-order valence-corrected chi connectivity index (χ0v) is 14.8. The highest BCUT2D eigenvalue weighted by Gasteiger charge is 2.25. The van der Waals surface area contributed by atoms with E-state index in [2.05, 4.69) is 55.9 Å². The van der Waals surface area contributed by atoms with E-state index < -0.39 is 0 Å². The molecule has 0 saturated carbocycles. The maximum absolute atomic E-state index is 12.3. The molecule has 0 heterocycles. The van der Waals surface area contributed by atoms with Gasteiger partial charge in [0.15, 0.2) is 0 Å². The van der Waals surface area contributed by atoms with E-state index in [0.29, 0.717) is 5.92 Å². The normalized spacial score (nSPS) is 13.3. The molecule has 3 heteroatoms. The minimum atomic E-state index is 0.0150. The van der Waals surface area contributed by atoms with Gasteiger partial charge in [-0.25, -0.2) is 0 Å². The van der Waals surface area contributed by atoms with Crippen LogP contribution < -0.4 is 5.32 Å². The van der Waals surface area contributed by atoms with E-state index in [0.717, 1.165) is 17.3 Å². The van der Waals surface area contributed by atoms with Crippen molar-refractivity contribution in [2.75, 3.05) is 5.33 Å². The Kier molecular flexibility index (Phi) is 6.25. The summed E-state index contributed by atoms with van der Waals surface area (Å²) in [6.07, 6.45) is 0.930. The standard InChI is InChI=1S/C17H26BrNO/c1-12(2)13-6-8-14(9-7-13)16(20)19-15(10-11-18)17(3,4)5/h6-9,12,15H,10-11H2,1-5H3,(H,19,20). The van der Waals surface area contributed by atoms with Crippen LogP contribution in [0.25, 0.3) is 0 Å². The molecule has 0 saturated heterocycles. The maximum atomic E-state index is 12.3. The number of halogens is 1. The molecule has 1 rings (SSSR count). The van der Waals surface area contributed by atoms with Crippen molar-refractivity contribution in [1.82, 2.24) is 5.32 Å². The summed E-state index contributed by atoms with van der Waals surface area (Å²) in [6.45, 7) is 10.8. The van der Waals surface area contributed by atoms with Crippen molar-refractivity contribution in [3.05, 3.63) is 35.4 Å². The Bertz CT molecular complexity index is 431. The molecule has 0 aliphatic carbocycles. The molecule has 2 nitrogen and oxygen atoms in total. The number of carbonyl (C=O) groups excluding carboxylic acids is 1. The molecule has 20 heavy (non-hydrogen) atoms. The first-order chi connectivity index (χ1) is 9.25. The molecule has 112 valence electrons. The Morgan fingerprint density at radius 2 is 1.75 bits per heavy atom. The van der Waals surface area contributed by atoms with Crippen molar-refractivity contribution in [3.8, 4) is 0 Å². The van der Waals surface area contributed by atoms with Gasteiger partial charge in [0, 0.05) is 16.9 Å². The summed E-state index contributed by atoms with van der Waals surface area (Å²) in [4.78, 5) is 12.3. The third kappa shape index (κ3) is 4.93. The molecule has 0 fully saturated rings. The van der Waals surface area contributed by atoms with E-state index in [4.69, 9.17) is 0 Å². The summed E-state index contributed by atoms with van der Waals surface area (Å²) in [5.74, 6) is 0.504. The predicted molar refractivity (Wildman–Crippen MR) is 89.7 cm³/mol. The van der Waals surface area contributed by atoms with Gasteiger partial charge in [0.1, 0.15) is 0 Å². The molecule has 1 aromatic carbocycles. The van der Waals surface area contributed by atoms with Gasteiger partial charge in [-0.05, 0) is 35.4 Å². The van der Waals surface area contributed by atoms with Crippen molar-refractivity contribution in [2.45, 2.75) is 53.0 Å². The zero-order valence-electron chi connectivity index (χ0n) is 13.2. The Balaban J connectivity index is 2.78.